The van der Waals surface area contributed by atoms with Crippen LogP contribution in [-0.4, -0.2) is 54.4 Å². The molecule has 0 aliphatic heterocycles. The van der Waals surface area contributed by atoms with Gasteiger partial charge in [-0.2, -0.15) is 0 Å². The van der Waals surface area contributed by atoms with Gasteiger partial charge in [0.25, 0.3) is 0 Å². The van der Waals surface area contributed by atoms with Gasteiger partial charge in [0.2, 0.25) is 0 Å². The van der Waals surface area contributed by atoms with Crippen LogP contribution in [0.2, 0.25) is 0 Å². The Morgan fingerprint density at radius 1 is 1.00 bits per heavy atom. The molecule has 0 unspecified atom stereocenters. The van der Waals surface area contributed by atoms with Gasteiger partial charge in [-0.1, -0.05) is 0 Å². The summed E-state index contributed by atoms with van der Waals surface area (Å²) in [5.74, 6) is 0. The van der Waals surface area contributed by atoms with Crippen molar-refractivity contribution in [3.05, 3.63) is 0 Å². The molecular formula is H2BaCuGdOYb. The van der Waals surface area contributed by atoms with Gasteiger partial charge in [-0.25, -0.2) is 0 Å². The van der Waals surface area contributed by atoms with Gasteiger partial charge >= 0.3 is 0 Å². The van der Waals surface area contributed by atoms with Gasteiger partial charge in [0.1, 0.15) is 0 Å². The molecule has 0 saturated heterocycles. The predicted molar refractivity (Wildman–Crippen MR) is 9.37 cm³/mol. The second-order valence-corrected chi connectivity index (χ2v) is 0. The van der Waals surface area contributed by atoms with E-state index in [0.717, 1.165) is 0 Å². The molecule has 0 aromatic carbocycles. The molecule has 5 heavy (non-hydrogen) atoms. The molecule has 0 amide bonds. The van der Waals surface area contributed by atoms with Crippen molar-refractivity contribution >= 4 is 48.9 Å². The maximum atomic E-state index is 0. The van der Waals surface area contributed by atoms with Gasteiger partial charge in [-0.05, 0) is 0 Å². The van der Waals surface area contributed by atoms with E-state index in [1.165, 1.54) is 0 Å². The molecule has 0 aliphatic carbocycles. The zero-order valence-corrected chi connectivity index (χ0v) is 11.5. The summed E-state index contributed by atoms with van der Waals surface area (Å²) >= 11 is 0. The van der Waals surface area contributed by atoms with Crippen LogP contribution in [0.5, 0.6) is 0 Å². The number of rotatable bonds is 0. The van der Waals surface area contributed by atoms with Crippen LogP contribution < -0.4 is 0 Å². The smallest absolute Gasteiger partial charge is 0 e. The Labute approximate surface area is 153 Å². The minimum Gasteiger partial charge on any atom is -0.412 e. The average Bonchev–Trinajstić information content (AvgIpc) is 0. The van der Waals surface area contributed by atoms with E-state index in [2.05, 4.69) is 0 Å². The Balaban J connectivity index is 0. The van der Waals surface area contributed by atoms with E-state index in [-0.39, 0.29) is 158 Å². The normalized spacial score (nSPS) is 0. The molecule has 1 nitrogen and oxygen atoms in total. The standard InChI is InChI=1S/Ba.Cu.Gd.H2O.Yb/h;;;1H2;. The van der Waals surface area contributed by atoms with Crippen LogP contribution >= 0.6 is 0 Å². The van der Waals surface area contributed by atoms with Crippen LogP contribution in [-0.2, 0) is 17.1 Å². The fraction of sp³-hybridized carbons (Fsp3) is 0. The summed E-state index contributed by atoms with van der Waals surface area (Å²) in [6, 6.07) is 0. The van der Waals surface area contributed by atoms with Crippen molar-refractivity contribution < 1.29 is 109 Å². The Hall–Kier alpha value is 4.90. The molecule has 0 spiro atoms. The van der Waals surface area contributed by atoms with Crippen LogP contribution in [0.25, 0.3) is 0 Å². The molecular weight excluding hydrogens is 547 g/mol. The SMILES string of the molecule is O.[Ba].[Cu].[Gd].[Yb]. The van der Waals surface area contributed by atoms with Crippen molar-refractivity contribution in [3.8, 4) is 0 Å². The minimum atomic E-state index is 0. The van der Waals surface area contributed by atoms with E-state index in [4.69, 9.17) is 0 Å². The topological polar surface area (TPSA) is 31.5 Å². The van der Waals surface area contributed by atoms with Crippen LogP contribution in [0.3, 0.4) is 0 Å². The maximum Gasteiger partial charge on any atom is 0 e. The van der Waals surface area contributed by atoms with Crippen molar-refractivity contribution in [2.45, 2.75) is 0 Å². The summed E-state index contributed by atoms with van der Waals surface area (Å²) < 4.78 is 0. The van der Waals surface area contributed by atoms with E-state index in [9.17, 15) is 0 Å². The minimum absolute atomic E-state index is 0. The number of hydrogen-bond acceptors (Lipinski definition) is 0. The molecule has 0 rings (SSSR count). The zero-order chi connectivity index (χ0) is 0. The quantitative estimate of drug-likeness (QED) is 0.341. The third-order valence-electron chi connectivity index (χ3n) is 0. The molecule has 43 valence electrons. The summed E-state index contributed by atoms with van der Waals surface area (Å²) in [6.45, 7) is 0. The van der Waals surface area contributed by atoms with Crippen molar-refractivity contribution in [2.24, 2.45) is 0 Å². The van der Waals surface area contributed by atoms with Crippen LogP contribution in [0.4, 0.5) is 0 Å². The monoisotopic (exact) mass is 551 g/mol. The molecule has 0 aromatic heterocycles. The molecule has 2 N–H and O–H groups in total. The molecule has 0 aromatic rings. The van der Waals surface area contributed by atoms with E-state index < -0.39 is 0 Å². The van der Waals surface area contributed by atoms with Gasteiger partial charge < -0.3 is 5.48 Å². The van der Waals surface area contributed by atoms with Crippen molar-refractivity contribution in [3.63, 3.8) is 0 Å². The Kier molecular flexibility index (Phi) is 151. The molecule has 0 aliphatic rings. The molecule has 5 heteroatoms. The predicted octanol–water partition coefficient (Wildman–Crippen LogP) is -1.21. The largest absolute Gasteiger partial charge is 0.412 e. The third kappa shape index (κ3) is 17.6. The summed E-state index contributed by atoms with van der Waals surface area (Å²) in [6.07, 6.45) is 0. The Bertz CT molecular complexity index is 11.6. The Morgan fingerprint density at radius 3 is 1.00 bits per heavy atom. The fourth-order valence-electron chi connectivity index (χ4n) is 0. The van der Waals surface area contributed by atoms with Gasteiger partial charge in [-0.3, -0.25) is 0 Å². The van der Waals surface area contributed by atoms with E-state index >= 15 is 0 Å². The van der Waals surface area contributed by atoms with E-state index in [0.29, 0.717) is 0 Å². The number of hydrogen-bond donors (Lipinski definition) is 0. The molecule has 0 heterocycles. The second-order valence-electron chi connectivity index (χ2n) is 0. The van der Waals surface area contributed by atoms with Crippen LogP contribution in [0.15, 0.2) is 0 Å². The van der Waals surface area contributed by atoms with Crippen LogP contribution in [0, 0.1) is 86.9 Å². The van der Waals surface area contributed by atoms with Crippen LogP contribution in [0.1, 0.15) is 0 Å². The summed E-state index contributed by atoms with van der Waals surface area (Å²) in [5, 5.41) is 0. The molecule has 0 atom stereocenters. The van der Waals surface area contributed by atoms with Crippen molar-refractivity contribution in [1.82, 2.24) is 0 Å². The van der Waals surface area contributed by atoms with E-state index in [1.807, 2.05) is 0 Å². The molecule has 0 bridgehead atoms. The van der Waals surface area contributed by atoms with Gasteiger partial charge in [0.15, 0.2) is 0 Å². The first-order valence-corrected chi connectivity index (χ1v) is 0. The first-order valence-electron chi connectivity index (χ1n) is 0. The van der Waals surface area contributed by atoms with Gasteiger partial charge in [-0.15, -0.1) is 0 Å². The summed E-state index contributed by atoms with van der Waals surface area (Å²) in [5.41, 5.74) is 0. The van der Waals surface area contributed by atoms with Crippen molar-refractivity contribution in [1.29, 1.82) is 0 Å². The molecule has 0 fully saturated rings. The fourth-order valence-corrected chi connectivity index (χ4v) is 0. The molecule has 0 saturated carbocycles. The second kappa shape index (κ2) is 23.1. The van der Waals surface area contributed by atoms with E-state index in [1.54, 1.807) is 0 Å². The summed E-state index contributed by atoms with van der Waals surface area (Å²) in [4.78, 5) is 0. The first kappa shape index (κ1) is 32.7. The third-order valence-corrected chi connectivity index (χ3v) is 0. The average molecular weight is 549 g/mol. The molecule has 3 radical (unpaired) electrons. The van der Waals surface area contributed by atoms with Gasteiger partial charge in [0, 0.05) is 153 Å². The van der Waals surface area contributed by atoms with Gasteiger partial charge in [0.05, 0.1) is 0 Å². The maximum absolute atomic E-state index is 0. The summed E-state index contributed by atoms with van der Waals surface area (Å²) in [7, 11) is 0. The zero-order valence-electron chi connectivity index (χ0n) is 2.13. The first-order chi connectivity index (χ1) is 0. The van der Waals surface area contributed by atoms with Crippen molar-refractivity contribution in [2.75, 3.05) is 0 Å². The Morgan fingerprint density at radius 2 is 1.00 bits per heavy atom.